The first-order chi connectivity index (χ1) is 10.5. The van der Waals surface area contributed by atoms with Crippen LogP contribution < -0.4 is 10.0 Å². The molecule has 1 heterocycles. The minimum absolute atomic E-state index is 0. The molecule has 2 aromatic rings. The molecule has 0 saturated carbocycles. The fraction of sp³-hybridized carbons (Fsp3) is 0.294. The first-order valence-corrected chi connectivity index (χ1v) is 8.97. The number of aryl methyl sites for hydroxylation is 1. The predicted octanol–water partition coefficient (Wildman–Crippen LogP) is 3.39. The number of nitrogens with two attached hydrogens (primary N) is 1. The van der Waals surface area contributed by atoms with Gasteiger partial charge in [-0.2, -0.15) is 0 Å². The molecule has 23 heavy (non-hydrogen) atoms. The highest BCUT2D eigenvalue weighted by molar-refractivity contribution is 7.92. The molecular weight excluding hydrogens is 332 g/mol. The summed E-state index contributed by atoms with van der Waals surface area (Å²) in [6.07, 6.45) is 2.50. The van der Waals surface area contributed by atoms with Gasteiger partial charge in [-0.3, -0.25) is 4.31 Å². The van der Waals surface area contributed by atoms with Crippen molar-refractivity contribution in [2.45, 2.75) is 31.1 Å². The van der Waals surface area contributed by atoms with E-state index >= 15 is 0 Å². The Bertz CT molecular complexity index is 789. The Balaban J connectivity index is 0.00000192. The van der Waals surface area contributed by atoms with E-state index in [1.165, 1.54) is 4.31 Å². The Labute approximate surface area is 143 Å². The van der Waals surface area contributed by atoms with Crippen LogP contribution in [0.3, 0.4) is 0 Å². The van der Waals surface area contributed by atoms with Crippen LogP contribution in [-0.4, -0.2) is 15.0 Å². The molecule has 4 nitrogen and oxygen atoms in total. The molecule has 0 amide bonds. The van der Waals surface area contributed by atoms with Gasteiger partial charge >= 0.3 is 0 Å². The Kier molecular flexibility index (Phi) is 5.22. The zero-order valence-electron chi connectivity index (χ0n) is 13.0. The molecule has 124 valence electrons. The molecule has 0 spiro atoms. The number of nitrogens with zero attached hydrogens (tertiary/aromatic N) is 1. The number of hydrogen-bond donors (Lipinski definition) is 1. The summed E-state index contributed by atoms with van der Waals surface area (Å²) in [6.45, 7) is 2.54. The number of hydrogen-bond acceptors (Lipinski definition) is 3. The van der Waals surface area contributed by atoms with Crippen molar-refractivity contribution in [1.29, 1.82) is 0 Å². The maximum atomic E-state index is 12.9. The second kappa shape index (κ2) is 6.81. The summed E-state index contributed by atoms with van der Waals surface area (Å²) in [5.74, 6) is 0. The van der Waals surface area contributed by atoms with Gasteiger partial charge in [0.2, 0.25) is 0 Å². The Hall–Kier alpha value is -1.72. The number of halogens is 1. The van der Waals surface area contributed by atoms with Crippen LogP contribution in [0.25, 0.3) is 0 Å². The van der Waals surface area contributed by atoms with Crippen molar-refractivity contribution in [3.8, 4) is 0 Å². The molecule has 0 atom stereocenters. The molecule has 6 heteroatoms. The lowest BCUT2D eigenvalue weighted by Gasteiger charge is -2.31. The van der Waals surface area contributed by atoms with E-state index < -0.39 is 10.0 Å². The summed E-state index contributed by atoms with van der Waals surface area (Å²) in [4.78, 5) is 0.333. The normalized spacial score (nSPS) is 14.0. The van der Waals surface area contributed by atoms with Crippen LogP contribution in [0.5, 0.6) is 0 Å². The smallest absolute Gasteiger partial charge is 0.264 e. The summed E-state index contributed by atoms with van der Waals surface area (Å²) in [5, 5.41) is 0. The van der Waals surface area contributed by atoms with Gasteiger partial charge in [-0.15, -0.1) is 12.4 Å². The molecule has 0 bridgehead atoms. The van der Waals surface area contributed by atoms with Gasteiger partial charge in [0.25, 0.3) is 10.0 Å². The average Bonchev–Trinajstić information content (AvgIpc) is 2.55. The number of sulfonamides is 1. The first-order valence-electron chi connectivity index (χ1n) is 7.53. The first kappa shape index (κ1) is 17.6. The fourth-order valence-electron chi connectivity index (χ4n) is 2.89. The zero-order valence-corrected chi connectivity index (χ0v) is 14.7. The van der Waals surface area contributed by atoms with Gasteiger partial charge in [-0.05, 0) is 54.7 Å². The highest BCUT2D eigenvalue weighted by Gasteiger charge is 2.29. The summed E-state index contributed by atoms with van der Waals surface area (Å²) in [5.41, 5.74) is 9.44. The molecule has 2 N–H and O–H groups in total. The Morgan fingerprint density at radius 1 is 1.13 bits per heavy atom. The molecule has 1 aliphatic heterocycles. The van der Waals surface area contributed by atoms with E-state index in [0.717, 1.165) is 30.4 Å². The maximum Gasteiger partial charge on any atom is 0.264 e. The lowest BCUT2D eigenvalue weighted by Crippen LogP contribution is -2.35. The number of benzene rings is 2. The zero-order chi connectivity index (χ0) is 15.7. The van der Waals surface area contributed by atoms with Gasteiger partial charge in [0.05, 0.1) is 10.6 Å². The third-order valence-corrected chi connectivity index (χ3v) is 5.99. The minimum Gasteiger partial charge on any atom is -0.398 e. The molecule has 2 aromatic carbocycles. The molecule has 0 aromatic heterocycles. The maximum absolute atomic E-state index is 12.9. The molecule has 3 rings (SSSR count). The van der Waals surface area contributed by atoms with Crippen molar-refractivity contribution in [3.63, 3.8) is 0 Å². The molecule has 0 aliphatic carbocycles. The van der Waals surface area contributed by atoms with Crippen LogP contribution in [0.2, 0.25) is 0 Å². The van der Waals surface area contributed by atoms with Crippen LogP contribution in [-0.2, 0) is 22.9 Å². The van der Waals surface area contributed by atoms with E-state index in [9.17, 15) is 8.42 Å². The second-order valence-corrected chi connectivity index (χ2v) is 7.39. The molecule has 0 unspecified atom stereocenters. The summed E-state index contributed by atoms with van der Waals surface area (Å²) in [6, 6.07) is 12.6. The van der Waals surface area contributed by atoms with Gasteiger partial charge in [0.15, 0.2) is 0 Å². The van der Waals surface area contributed by atoms with E-state index in [-0.39, 0.29) is 12.4 Å². The van der Waals surface area contributed by atoms with Crippen LogP contribution >= 0.6 is 12.4 Å². The highest BCUT2D eigenvalue weighted by atomic mass is 35.5. The van der Waals surface area contributed by atoms with Gasteiger partial charge in [-0.25, -0.2) is 8.42 Å². The van der Waals surface area contributed by atoms with E-state index in [1.807, 2.05) is 37.3 Å². The number of fused-ring (bicyclic) bond motifs is 1. The fourth-order valence-corrected chi connectivity index (χ4v) is 4.43. The topological polar surface area (TPSA) is 63.4 Å². The van der Waals surface area contributed by atoms with Crippen molar-refractivity contribution in [3.05, 3.63) is 53.6 Å². The largest absolute Gasteiger partial charge is 0.398 e. The summed E-state index contributed by atoms with van der Waals surface area (Å²) >= 11 is 0. The molecule has 0 radical (unpaired) electrons. The van der Waals surface area contributed by atoms with Crippen LogP contribution in [0, 0.1) is 0 Å². The number of rotatable bonds is 3. The monoisotopic (exact) mass is 352 g/mol. The standard InChI is InChI=1S/C17H20N2O2S.ClH/c1-2-13-8-10-14(11-9-13)22(20,21)19-12-4-5-15-16(18)6-3-7-17(15)19;/h3,6-11H,2,4-5,12,18H2,1H3;1H. The summed E-state index contributed by atoms with van der Waals surface area (Å²) in [7, 11) is -3.54. The van der Waals surface area contributed by atoms with Crippen molar-refractivity contribution in [2.75, 3.05) is 16.6 Å². The van der Waals surface area contributed by atoms with Crippen molar-refractivity contribution < 1.29 is 8.42 Å². The minimum atomic E-state index is -3.54. The SMILES string of the molecule is CCc1ccc(S(=O)(=O)N2CCCc3c(N)cccc32)cc1.Cl. The number of anilines is 2. The molecule has 0 saturated heterocycles. The predicted molar refractivity (Wildman–Crippen MR) is 96.8 cm³/mol. The quantitative estimate of drug-likeness (QED) is 0.861. The van der Waals surface area contributed by atoms with Gasteiger partial charge in [0, 0.05) is 12.2 Å². The van der Waals surface area contributed by atoms with E-state index in [4.69, 9.17) is 5.73 Å². The number of nitrogen functional groups attached to an aromatic ring is 1. The van der Waals surface area contributed by atoms with E-state index in [0.29, 0.717) is 22.8 Å². The van der Waals surface area contributed by atoms with Crippen molar-refractivity contribution >= 4 is 33.8 Å². The van der Waals surface area contributed by atoms with Crippen LogP contribution in [0.4, 0.5) is 11.4 Å². The molecule has 1 aliphatic rings. The lowest BCUT2D eigenvalue weighted by atomic mass is 10.0. The van der Waals surface area contributed by atoms with Gasteiger partial charge < -0.3 is 5.73 Å². The van der Waals surface area contributed by atoms with Crippen molar-refractivity contribution in [2.24, 2.45) is 0 Å². The lowest BCUT2D eigenvalue weighted by molar-refractivity contribution is 0.586. The molecular formula is C17H21ClN2O2S. The van der Waals surface area contributed by atoms with E-state index in [1.54, 1.807) is 12.1 Å². The highest BCUT2D eigenvalue weighted by Crippen LogP contribution is 2.34. The third kappa shape index (κ3) is 3.16. The van der Waals surface area contributed by atoms with Crippen LogP contribution in [0.1, 0.15) is 24.5 Å². The summed E-state index contributed by atoms with van der Waals surface area (Å²) < 4.78 is 27.4. The average molecular weight is 353 g/mol. The second-order valence-electron chi connectivity index (χ2n) is 5.52. The van der Waals surface area contributed by atoms with Crippen molar-refractivity contribution in [1.82, 2.24) is 0 Å². The Morgan fingerprint density at radius 2 is 1.83 bits per heavy atom. The van der Waals surface area contributed by atoms with E-state index in [2.05, 4.69) is 0 Å². The third-order valence-electron chi connectivity index (χ3n) is 4.16. The van der Waals surface area contributed by atoms with Crippen LogP contribution in [0.15, 0.2) is 47.4 Å². The van der Waals surface area contributed by atoms with Gasteiger partial charge in [0.1, 0.15) is 0 Å². The molecule has 0 fully saturated rings. The van der Waals surface area contributed by atoms with Gasteiger partial charge in [-0.1, -0.05) is 25.1 Å². The Morgan fingerprint density at radius 3 is 2.48 bits per heavy atom.